The van der Waals surface area contributed by atoms with Gasteiger partial charge in [-0.3, -0.25) is 9.69 Å². The predicted octanol–water partition coefficient (Wildman–Crippen LogP) is 3.73. The van der Waals surface area contributed by atoms with Crippen LogP contribution >= 0.6 is 11.6 Å². The number of amides is 1. The van der Waals surface area contributed by atoms with Crippen LogP contribution in [0.5, 0.6) is 5.75 Å². The summed E-state index contributed by atoms with van der Waals surface area (Å²) >= 11 is 6.08. The summed E-state index contributed by atoms with van der Waals surface area (Å²) in [6.45, 7) is 3.37. The van der Waals surface area contributed by atoms with E-state index in [1.165, 1.54) is 6.07 Å². The Bertz CT molecular complexity index is 784. The van der Waals surface area contributed by atoms with Crippen LogP contribution in [-0.4, -0.2) is 37.0 Å². The Morgan fingerprint density at radius 2 is 2.00 bits per heavy atom. The zero-order chi connectivity index (χ0) is 18.0. The normalized spacial score (nSPS) is 18.5. The van der Waals surface area contributed by atoms with Gasteiger partial charge in [0.25, 0.3) is 0 Å². The fourth-order valence-electron chi connectivity index (χ4n) is 3.09. The maximum atomic E-state index is 13.9. The van der Waals surface area contributed by atoms with Crippen molar-refractivity contribution in [2.24, 2.45) is 0 Å². The first-order chi connectivity index (χ1) is 12.0. The standard InChI is InChI=1S/C19H20ClFN2O2/c1-13-19(24)23(17-11-15(20)7-8-18(17)25-2)10-9-22(13)12-14-5-3-4-6-16(14)21/h3-8,11,13H,9-10,12H2,1-2H3. The summed E-state index contributed by atoms with van der Waals surface area (Å²) in [5.41, 5.74) is 1.26. The number of hydrogen-bond donors (Lipinski definition) is 0. The average molecular weight is 363 g/mol. The topological polar surface area (TPSA) is 32.8 Å². The second kappa shape index (κ2) is 7.42. The van der Waals surface area contributed by atoms with Gasteiger partial charge in [0.05, 0.1) is 18.8 Å². The molecule has 2 aromatic rings. The first-order valence-corrected chi connectivity index (χ1v) is 8.51. The Morgan fingerprint density at radius 1 is 1.24 bits per heavy atom. The lowest BCUT2D eigenvalue weighted by Crippen LogP contribution is -2.55. The van der Waals surface area contributed by atoms with E-state index in [1.807, 2.05) is 11.8 Å². The van der Waals surface area contributed by atoms with Crippen molar-refractivity contribution in [1.82, 2.24) is 4.90 Å². The molecule has 1 aliphatic rings. The fraction of sp³-hybridized carbons (Fsp3) is 0.316. The quantitative estimate of drug-likeness (QED) is 0.831. The van der Waals surface area contributed by atoms with E-state index in [-0.39, 0.29) is 17.8 Å². The molecule has 4 nitrogen and oxygen atoms in total. The number of piperazine rings is 1. The summed E-state index contributed by atoms with van der Waals surface area (Å²) in [5.74, 6) is 0.303. The molecule has 3 rings (SSSR count). The van der Waals surface area contributed by atoms with Gasteiger partial charge in [-0.05, 0) is 31.2 Å². The summed E-state index contributed by atoms with van der Waals surface area (Å²) in [6.07, 6.45) is 0. The third-order valence-electron chi connectivity index (χ3n) is 4.54. The highest BCUT2D eigenvalue weighted by Crippen LogP contribution is 2.33. The Balaban J connectivity index is 1.80. The van der Waals surface area contributed by atoms with E-state index < -0.39 is 0 Å². The molecular formula is C19H20ClFN2O2. The van der Waals surface area contributed by atoms with E-state index in [0.29, 0.717) is 41.7 Å². The Morgan fingerprint density at radius 3 is 2.72 bits per heavy atom. The molecule has 0 N–H and O–H groups in total. The van der Waals surface area contributed by atoms with E-state index in [1.54, 1.807) is 48.4 Å². The van der Waals surface area contributed by atoms with E-state index in [4.69, 9.17) is 16.3 Å². The summed E-state index contributed by atoms with van der Waals surface area (Å²) in [6, 6.07) is 11.5. The van der Waals surface area contributed by atoms with Gasteiger partial charge in [0.2, 0.25) is 5.91 Å². The second-order valence-electron chi connectivity index (χ2n) is 6.04. The molecule has 0 spiro atoms. The summed E-state index contributed by atoms with van der Waals surface area (Å²) in [7, 11) is 1.56. The van der Waals surface area contributed by atoms with Crippen molar-refractivity contribution < 1.29 is 13.9 Å². The van der Waals surface area contributed by atoms with E-state index >= 15 is 0 Å². The summed E-state index contributed by atoms with van der Waals surface area (Å²) < 4.78 is 19.3. The molecule has 1 amide bonds. The Kier molecular flexibility index (Phi) is 5.25. The smallest absolute Gasteiger partial charge is 0.244 e. The predicted molar refractivity (Wildman–Crippen MR) is 96.6 cm³/mol. The maximum Gasteiger partial charge on any atom is 0.244 e. The lowest BCUT2D eigenvalue weighted by atomic mass is 10.1. The lowest BCUT2D eigenvalue weighted by Gasteiger charge is -2.39. The number of methoxy groups -OCH3 is 1. The molecule has 0 radical (unpaired) electrons. The molecule has 1 aliphatic heterocycles. The largest absolute Gasteiger partial charge is 0.495 e. The minimum absolute atomic E-state index is 0.0526. The third-order valence-corrected chi connectivity index (χ3v) is 4.78. The number of rotatable bonds is 4. The van der Waals surface area contributed by atoms with Crippen molar-refractivity contribution in [3.05, 3.63) is 58.9 Å². The van der Waals surface area contributed by atoms with Gasteiger partial charge in [-0.1, -0.05) is 29.8 Å². The number of hydrogen-bond acceptors (Lipinski definition) is 3. The summed E-state index contributed by atoms with van der Waals surface area (Å²) in [5, 5.41) is 0.546. The highest BCUT2D eigenvalue weighted by molar-refractivity contribution is 6.31. The zero-order valence-electron chi connectivity index (χ0n) is 14.2. The first kappa shape index (κ1) is 17.7. The minimum Gasteiger partial charge on any atom is -0.495 e. The molecule has 25 heavy (non-hydrogen) atoms. The highest BCUT2D eigenvalue weighted by atomic mass is 35.5. The fourth-order valence-corrected chi connectivity index (χ4v) is 3.25. The van der Waals surface area contributed by atoms with Gasteiger partial charge in [-0.2, -0.15) is 0 Å². The van der Waals surface area contributed by atoms with Gasteiger partial charge in [0.1, 0.15) is 11.6 Å². The van der Waals surface area contributed by atoms with Crippen molar-refractivity contribution in [3.8, 4) is 5.75 Å². The van der Waals surface area contributed by atoms with Crippen LogP contribution in [-0.2, 0) is 11.3 Å². The highest BCUT2D eigenvalue weighted by Gasteiger charge is 2.33. The second-order valence-corrected chi connectivity index (χ2v) is 6.48. The molecule has 0 saturated carbocycles. The van der Waals surface area contributed by atoms with Gasteiger partial charge < -0.3 is 9.64 Å². The Labute approximate surface area is 151 Å². The molecule has 1 heterocycles. The van der Waals surface area contributed by atoms with Crippen LogP contribution in [0.3, 0.4) is 0 Å². The van der Waals surface area contributed by atoms with Gasteiger partial charge in [0.15, 0.2) is 0 Å². The molecule has 1 atom stereocenters. The number of halogens is 2. The van der Waals surface area contributed by atoms with Gasteiger partial charge in [-0.25, -0.2) is 4.39 Å². The van der Waals surface area contributed by atoms with Gasteiger partial charge in [0, 0.05) is 30.2 Å². The molecule has 0 aromatic heterocycles. The number of anilines is 1. The van der Waals surface area contributed by atoms with Crippen molar-refractivity contribution in [2.75, 3.05) is 25.1 Å². The van der Waals surface area contributed by atoms with Gasteiger partial charge >= 0.3 is 0 Å². The van der Waals surface area contributed by atoms with Crippen LogP contribution in [0, 0.1) is 5.82 Å². The van der Waals surface area contributed by atoms with Crippen molar-refractivity contribution in [1.29, 1.82) is 0 Å². The summed E-state index contributed by atoms with van der Waals surface area (Å²) in [4.78, 5) is 16.6. The molecule has 2 aromatic carbocycles. The third kappa shape index (κ3) is 3.62. The molecule has 6 heteroatoms. The van der Waals surface area contributed by atoms with Crippen LogP contribution in [0.25, 0.3) is 0 Å². The molecule has 1 unspecified atom stereocenters. The molecule has 132 valence electrons. The van der Waals surface area contributed by atoms with Crippen LogP contribution in [0.4, 0.5) is 10.1 Å². The first-order valence-electron chi connectivity index (χ1n) is 8.13. The molecule has 1 saturated heterocycles. The molecule has 0 aliphatic carbocycles. The number of benzene rings is 2. The van der Waals surface area contributed by atoms with Crippen LogP contribution < -0.4 is 9.64 Å². The van der Waals surface area contributed by atoms with Crippen molar-refractivity contribution in [2.45, 2.75) is 19.5 Å². The SMILES string of the molecule is COc1ccc(Cl)cc1N1CCN(Cc2ccccc2F)C(C)C1=O. The van der Waals surface area contributed by atoms with Gasteiger partial charge in [-0.15, -0.1) is 0 Å². The monoisotopic (exact) mass is 362 g/mol. The zero-order valence-corrected chi connectivity index (χ0v) is 15.0. The Hall–Kier alpha value is -2.11. The van der Waals surface area contributed by atoms with E-state index in [0.717, 1.165) is 0 Å². The van der Waals surface area contributed by atoms with Crippen LogP contribution in [0.2, 0.25) is 5.02 Å². The van der Waals surface area contributed by atoms with Crippen LogP contribution in [0.15, 0.2) is 42.5 Å². The molecular weight excluding hydrogens is 343 g/mol. The number of carbonyl (C=O) groups is 1. The number of ether oxygens (including phenoxy) is 1. The molecule has 1 fully saturated rings. The maximum absolute atomic E-state index is 13.9. The van der Waals surface area contributed by atoms with E-state index in [9.17, 15) is 9.18 Å². The van der Waals surface area contributed by atoms with Crippen molar-refractivity contribution >= 4 is 23.2 Å². The number of carbonyl (C=O) groups excluding carboxylic acids is 1. The van der Waals surface area contributed by atoms with Crippen LogP contribution in [0.1, 0.15) is 12.5 Å². The average Bonchev–Trinajstić information content (AvgIpc) is 2.61. The van der Waals surface area contributed by atoms with E-state index in [2.05, 4.69) is 0 Å². The lowest BCUT2D eigenvalue weighted by molar-refractivity contribution is -0.125. The van der Waals surface area contributed by atoms with Crippen molar-refractivity contribution in [3.63, 3.8) is 0 Å². The molecule has 0 bridgehead atoms. The number of nitrogens with zero attached hydrogens (tertiary/aromatic N) is 2. The minimum atomic E-state index is -0.364.